The summed E-state index contributed by atoms with van der Waals surface area (Å²) in [4.78, 5) is 14.3. The van der Waals surface area contributed by atoms with Crippen LogP contribution < -0.4 is 5.32 Å². The Morgan fingerprint density at radius 3 is 2.73 bits per heavy atom. The monoisotopic (exact) mass is 242 g/mol. The second-order valence-electron chi connectivity index (χ2n) is 3.11. The van der Waals surface area contributed by atoms with Crippen molar-refractivity contribution in [3.05, 3.63) is 33.9 Å². The van der Waals surface area contributed by atoms with E-state index in [4.69, 9.17) is 23.2 Å². The molecule has 0 aliphatic rings. The van der Waals surface area contributed by atoms with Crippen molar-refractivity contribution in [2.45, 2.75) is 0 Å². The highest BCUT2D eigenvalue weighted by Crippen LogP contribution is 2.28. The Labute approximate surface area is 96.4 Å². The van der Waals surface area contributed by atoms with Crippen LogP contribution in [0.1, 0.15) is 10.5 Å². The molecule has 1 aromatic heterocycles. The molecule has 5 heteroatoms. The number of halogens is 2. The van der Waals surface area contributed by atoms with Crippen LogP contribution >= 0.6 is 23.2 Å². The number of H-pyrrole nitrogens is 1. The molecule has 0 unspecified atom stereocenters. The van der Waals surface area contributed by atoms with Gasteiger partial charge in [-0.15, -0.1) is 0 Å². The summed E-state index contributed by atoms with van der Waals surface area (Å²) in [5.41, 5.74) is 1.22. The van der Waals surface area contributed by atoms with Gasteiger partial charge < -0.3 is 10.3 Å². The lowest BCUT2D eigenvalue weighted by Gasteiger charge is -1.94. The molecule has 0 saturated heterocycles. The van der Waals surface area contributed by atoms with E-state index in [1.165, 1.54) is 0 Å². The highest BCUT2D eigenvalue weighted by atomic mass is 35.5. The number of fused-ring (bicyclic) bond motifs is 1. The SMILES string of the molecule is CNC(=O)c1cc2c(Cl)cc(Cl)cc2[nH]1. The van der Waals surface area contributed by atoms with Crippen molar-refractivity contribution in [2.24, 2.45) is 0 Å². The van der Waals surface area contributed by atoms with Crippen LogP contribution in [0.2, 0.25) is 10.0 Å². The summed E-state index contributed by atoms with van der Waals surface area (Å²) in [5, 5.41) is 4.39. The third kappa shape index (κ3) is 1.80. The Balaban J connectivity index is 2.65. The molecule has 0 atom stereocenters. The number of aromatic amines is 1. The first-order chi connectivity index (χ1) is 7.11. The van der Waals surface area contributed by atoms with Crippen LogP contribution in [-0.4, -0.2) is 17.9 Å². The van der Waals surface area contributed by atoms with Crippen LogP contribution in [0, 0.1) is 0 Å². The van der Waals surface area contributed by atoms with E-state index in [9.17, 15) is 4.79 Å². The molecule has 2 aromatic rings. The molecule has 0 fully saturated rings. The summed E-state index contributed by atoms with van der Waals surface area (Å²) in [5.74, 6) is -0.182. The first-order valence-electron chi connectivity index (χ1n) is 4.31. The number of amides is 1. The lowest BCUT2D eigenvalue weighted by Crippen LogP contribution is -2.17. The van der Waals surface area contributed by atoms with E-state index < -0.39 is 0 Å². The minimum atomic E-state index is -0.182. The maximum Gasteiger partial charge on any atom is 0.267 e. The highest BCUT2D eigenvalue weighted by molar-refractivity contribution is 6.38. The van der Waals surface area contributed by atoms with Gasteiger partial charge in [0.1, 0.15) is 5.69 Å². The summed E-state index contributed by atoms with van der Waals surface area (Å²) in [6, 6.07) is 5.08. The molecule has 2 N–H and O–H groups in total. The van der Waals surface area contributed by atoms with E-state index in [0.29, 0.717) is 15.7 Å². The summed E-state index contributed by atoms with van der Waals surface area (Å²) in [6.45, 7) is 0. The fourth-order valence-electron chi connectivity index (χ4n) is 1.42. The molecule has 3 nitrogen and oxygen atoms in total. The van der Waals surface area contributed by atoms with Crippen molar-refractivity contribution in [3.63, 3.8) is 0 Å². The average molecular weight is 243 g/mol. The number of hydrogen-bond donors (Lipinski definition) is 2. The average Bonchev–Trinajstić information content (AvgIpc) is 2.60. The molecule has 0 saturated carbocycles. The quantitative estimate of drug-likeness (QED) is 0.794. The van der Waals surface area contributed by atoms with Crippen molar-refractivity contribution in [1.29, 1.82) is 0 Å². The smallest absolute Gasteiger partial charge is 0.267 e. The predicted molar refractivity (Wildman–Crippen MR) is 61.7 cm³/mol. The highest BCUT2D eigenvalue weighted by Gasteiger charge is 2.10. The van der Waals surface area contributed by atoms with Gasteiger partial charge in [-0.25, -0.2) is 0 Å². The Morgan fingerprint density at radius 1 is 1.33 bits per heavy atom. The van der Waals surface area contributed by atoms with E-state index in [0.717, 1.165) is 10.9 Å². The summed E-state index contributed by atoms with van der Waals surface area (Å²) in [6.07, 6.45) is 0. The van der Waals surface area contributed by atoms with Crippen LogP contribution in [0.5, 0.6) is 0 Å². The Morgan fingerprint density at radius 2 is 2.07 bits per heavy atom. The van der Waals surface area contributed by atoms with E-state index in [2.05, 4.69) is 10.3 Å². The van der Waals surface area contributed by atoms with Gasteiger partial charge in [-0.3, -0.25) is 4.79 Å². The molecule has 0 bridgehead atoms. The standard InChI is InChI=1S/C10H8Cl2N2O/c1-13-10(15)9-4-6-7(12)2-5(11)3-8(6)14-9/h2-4,14H,1H3,(H,13,15). The number of aromatic nitrogens is 1. The number of nitrogens with one attached hydrogen (secondary N) is 2. The minimum absolute atomic E-state index is 0.182. The number of carbonyl (C=O) groups is 1. The van der Waals surface area contributed by atoms with Crippen molar-refractivity contribution < 1.29 is 4.79 Å². The number of rotatable bonds is 1. The predicted octanol–water partition coefficient (Wildman–Crippen LogP) is 2.83. The molecule has 0 spiro atoms. The van der Waals surface area contributed by atoms with Gasteiger partial charge in [-0.2, -0.15) is 0 Å². The zero-order valence-electron chi connectivity index (χ0n) is 7.90. The van der Waals surface area contributed by atoms with Gasteiger partial charge in [0.25, 0.3) is 5.91 Å². The van der Waals surface area contributed by atoms with E-state index >= 15 is 0 Å². The van der Waals surface area contributed by atoms with Crippen LogP contribution in [0.25, 0.3) is 10.9 Å². The third-order valence-electron chi connectivity index (χ3n) is 2.12. The van der Waals surface area contributed by atoms with Crippen molar-refractivity contribution in [1.82, 2.24) is 10.3 Å². The molecule has 2 rings (SSSR count). The van der Waals surface area contributed by atoms with Crippen LogP contribution in [0.15, 0.2) is 18.2 Å². The van der Waals surface area contributed by atoms with Gasteiger partial charge in [0.15, 0.2) is 0 Å². The second kappa shape index (κ2) is 3.76. The van der Waals surface area contributed by atoms with E-state index in [1.807, 2.05) is 0 Å². The van der Waals surface area contributed by atoms with Crippen LogP contribution in [0.4, 0.5) is 0 Å². The first-order valence-corrected chi connectivity index (χ1v) is 5.07. The molecule has 1 heterocycles. The topological polar surface area (TPSA) is 44.9 Å². The zero-order valence-corrected chi connectivity index (χ0v) is 9.41. The Hall–Kier alpha value is -1.19. The number of carbonyl (C=O) groups excluding carboxylic acids is 1. The van der Waals surface area contributed by atoms with Crippen molar-refractivity contribution in [2.75, 3.05) is 7.05 Å². The maximum atomic E-state index is 11.4. The van der Waals surface area contributed by atoms with Gasteiger partial charge in [-0.1, -0.05) is 23.2 Å². The Kier molecular flexibility index (Phi) is 2.59. The first kappa shape index (κ1) is 10.3. The fraction of sp³-hybridized carbons (Fsp3) is 0.100. The normalized spacial score (nSPS) is 10.6. The molecule has 0 aliphatic heterocycles. The number of benzene rings is 1. The second-order valence-corrected chi connectivity index (χ2v) is 3.95. The van der Waals surface area contributed by atoms with Crippen molar-refractivity contribution >= 4 is 40.0 Å². The lowest BCUT2D eigenvalue weighted by atomic mass is 10.2. The molecular weight excluding hydrogens is 235 g/mol. The molecule has 15 heavy (non-hydrogen) atoms. The molecular formula is C10H8Cl2N2O. The van der Waals surface area contributed by atoms with E-state index in [1.54, 1.807) is 25.2 Å². The fourth-order valence-corrected chi connectivity index (χ4v) is 1.97. The molecule has 78 valence electrons. The third-order valence-corrected chi connectivity index (χ3v) is 2.65. The molecule has 0 radical (unpaired) electrons. The van der Waals surface area contributed by atoms with Gasteiger partial charge in [0.2, 0.25) is 0 Å². The van der Waals surface area contributed by atoms with Gasteiger partial charge in [0.05, 0.1) is 5.02 Å². The van der Waals surface area contributed by atoms with Crippen LogP contribution in [-0.2, 0) is 0 Å². The maximum absolute atomic E-state index is 11.4. The van der Waals surface area contributed by atoms with Gasteiger partial charge in [-0.05, 0) is 18.2 Å². The minimum Gasteiger partial charge on any atom is -0.354 e. The molecule has 1 aromatic carbocycles. The summed E-state index contributed by atoms with van der Waals surface area (Å²) >= 11 is 11.8. The lowest BCUT2D eigenvalue weighted by molar-refractivity contribution is 0.0959. The number of hydrogen-bond acceptors (Lipinski definition) is 1. The summed E-state index contributed by atoms with van der Waals surface area (Å²) in [7, 11) is 1.57. The Bertz CT molecular complexity index is 533. The van der Waals surface area contributed by atoms with Crippen LogP contribution in [0.3, 0.4) is 0 Å². The molecule has 1 amide bonds. The zero-order chi connectivity index (χ0) is 11.0. The largest absolute Gasteiger partial charge is 0.354 e. The van der Waals surface area contributed by atoms with Gasteiger partial charge in [0, 0.05) is 23.0 Å². The van der Waals surface area contributed by atoms with Gasteiger partial charge >= 0.3 is 0 Å². The van der Waals surface area contributed by atoms with Crippen molar-refractivity contribution in [3.8, 4) is 0 Å². The summed E-state index contributed by atoms with van der Waals surface area (Å²) < 4.78 is 0. The molecule has 0 aliphatic carbocycles. The van der Waals surface area contributed by atoms with E-state index in [-0.39, 0.29) is 5.91 Å².